The van der Waals surface area contributed by atoms with Crippen LogP contribution >= 0.6 is 11.8 Å². The number of piperidine rings is 1. The molecule has 2 aromatic heterocycles. The van der Waals surface area contributed by atoms with Gasteiger partial charge in [0.25, 0.3) is 0 Å². The third-order valence-corrected chi connectivity index (χ3v) is 7.40. The third kappa shape index (κ3) is 5.49. The van der Waals surface area contributed by atoms with E-state index in [1.54, 1.807) is 6.26 Å². The summed E-state index contributed by atoms with van der Waals surface area (Å²) in [6.07, 6.45) is 2.90. The van der Waals surface area contributed by atoms with Crippen LogP contribution in [0.3, 0.4) is 0 Å². The van der Waals surface area contributed by atoms with E-state index < -0.39 is 0 Å². The van der Waals surface area contributed by atoms with Crippen molar-refractivity contribution in [3.8, 4) is 0 Å². The summed E-state index contributed by atoms with van der Waals surface area (Å²) in [7, 11) is 0. The fourth-order valence-electron chi connectivity index (χ4n) is 4.94. The van der Waals surface area contributed by atoms with Crippen molar-refractivity contribution in [2.75, 3.05) is 23.3 Å². The first-order chi connectivity index (χ1) is 16.2. The second-order valence-corrected chi connectivity index (χ2v) is 11.1. The number of furan rings is 1. The molecule has 1 aliphatic rings. The standard InChI is InChI=1S/C26H35N5O2S/c1-16-11-19(4)23(20(5)12-16)27-24(32)21(6)34-26-29-28-25(30-13-17(2)10-18(3)14-30)31(26)15-22-8-7-9-33-22/h7-9,11-12,17-18,21H,10,13-15H2,1-6H3,(H,27,32). The smallest absolute Gasteiger partial charge is 0.237 e. The van der Waals surface area contributed by atoms with Gasteiger partial charge in [-0.2, -0.15) is 0 Å². The van der Waals surface area contributed by atoms with Crippen molar-refractivity contribution in [2.24, 2.45) is 11.8 Å². The molecule has 3 heterocycles. The van der Waals surface area contributed by atoms with Crippen molar-refractivity contribution < 1.29 is 9.21 Å². The number of hydrogen-bond acceptors (Lipinski definition) is 6. The quantitative estimate of drug-likeness (QED) is 0.453. The number of rotatable bonds is 7. The molecule has 1 N–H and O–H groups in total. The summed E-state index contributed by atoms with van der Waals surface area (Å²) in [6.45, 7) is 15.0. The van der Waals surface area contributed by atoms with E-state index in [0.717, 1.165) is 46.8 Å². The molecule has 0 bridgehead atoms. The highest BCUT2D eigenvalue weighted by molar-refractivity contribution is 8.00. The molecule has 1 amide bonds. The van der Waals surface area contributed by atoms with Gasteiger partial charge in [-0.3, -0.25) is 9.36 Å². The molecule has 3 aromatic rings. The maximum atomic E-state index is 13.1. The Morgan fingerprint density at radius 3 is 2.47 bits per heavy atom. The third-order valence-electron chi connectivity index (χ3n) is 6.32. The van der Waals surface area contributed by atoms with E-state index in [4.69, 9.17) is 4.42 Å². The van der Waals surface area contributed by atoms with Gasteiger partial charge in [0.2, 0.25) is 11.9 Å². The molecule has 1 aromatic carbocycles. The van der Waals surface area contributed by atoms with Crippen LogP contribution in [0.4, 0.5) is 11.6 Å². The fourth-order valence-corrected chi connectivity index (χ4v) is 5.78. The maximum absolute atomic E-state index is 13.1. The van der Waals surface area contributed by atoms with Crippen LogP contribution in [0.25, 0.3) is 0 Å². The largest absolute Gasteiger partial charge is 0.467 e. The Labute approximate surface area is 206 Å². The Kier molecular flexibility index (Phi) is 7.36. The average Bonchev–Trinajstić information content (AvgIpc) is 3.40. The highest BCUT2D eigenvalue weighted by atomic mass is 32.2. The lowest BCUT2D eigenvalue weighted by Crippen LogP contribution is -2.40. The van der Waals surface area contributed by atoms with E-state index in [-0.39, 0.29) is 11.2 Å². The topological polar surface area (TPSA) is 76.2 Å². The van der Waals surface area contributed by atoms with Crippen LogP contribution in [0.2, 0.25) is 0 Å². The molecule has 0 saturated carbocycles. The lowest BCUT2D eigenvalue weighted by atomic mass is 9.92. The van der Waals surface area contributed by atoms with Gasteiger partial charge in [0.05, 0.1) is 18.1 Å². The van der Waals surface area contributed by atoms with E-state index in [2.05, 4.69) is 57.9 Å². The first-order valence-electron chi connectivity index (χ1n) is 12.0. The van der Waals surface area contributed by atoms with Gasteiger partial charge in [0.1, 0.15) is 5.76 Å². The highest BCUT2D eigenvalue weighted by Crippen LogP contribution is 2.31. The van der Waals surface area contributed by atoms with Crippen molar-refractivity contribution >= 4 is 29.3 Å². The average molecular weight is 482 g/mol. The molecule has 34 heavy (non-hydrogen) atoms. The summed E-state index contributed by atoms with van der Waals surface area (Å²) in [5, 5.41) is 12.6. The van der Waals surface area contributed by atoms with Crippen LogP contribution < -0.4 is 10.2 Å². The number of carbonyl (C=O) groups excluding carboxylic acids is 1. The molecule has 0 aliphatic carbocycles. The van der Waals surface area contributed by atoms with Gasteiger partial charge in [0, 0.05) is 18.8 Å². The van der Waals surface area contributed by atoms with Crippen molar-refractivity contribution in [3.05, 3.63) is 53.0 Å². The molecule has 3 atom stereocenters. The minimum atomic E-state index is -0.341. The second kappa shape index (κ2) is 10.3. The lowest BCUT2D eigenvalue weighted by molar-refractivity contribution is -0.115. The van der Waals surface area contributed by atoms with E-state index in [0.29, 0.717) is 18.4 Å². The maximum Gasteiger partial charge on any atom is 0.237 e. The van der Waals surface area contributed by atoms with E-state index in [1.807, 2.05) is 32.9 Å². The number of aryl methyl sites for hydroxylation is 3. The first-order valence-corrected chi connectivity index (χ1v) is 12.8. The minimum absolute atomic E-state index is 0.0469. The summed E-state index contributed by atoms with van der Waals surface area (Å²) in [6, 6.07) is 8.03. The summed E-state index contributed by atoms with van der Waals surface area (Å²) >= 11 is 1.43. The van der Waals surface area contributed by atoms with Crippen molar-refractivity contribution in [1.82, 2.24) is 14.8 Å². The van der Waals surface area contributed by atoms with Crippen LogP contribution in [0.15, 0.2) is 40.1 Å². The van der Waals surface area contributed by atoms with Crippen LogP contribution in [-0.2, 0) is 11.3 Å². The molecule has 3 unspecified atom stereocenters. The van der Waals surface area contributed by atoms with Gasteiger partial charge < -0.3 is 14.6 Å². The number of thioether (sulfide) groups is 1. The highest BCUT2D eigenvalue weighted by Gasteiger charge is 2.28. The number of hydrogen-bond donors (Lipinski definition) is 1. The molecule has 0 radical (unpaired) electrons. The van der Waals surface area contributed by atoms with E-state index in [9.17, 15) is 4.79 Å². The Balaban J connectivity index is 1.56. The van der Waals surface area contributed by atoms with Gasteiger partial charge >= 0.3 is 0 Å². The number of nitrogens with zero attached hydrogens (tertiary/aromatic N) is 4. The molecule has 1 fully saturated rings. The zero-order valence-corrected chi connectivity index (χ0v) is 21.8. The van der Waals surface area contributed by atoms with E-state index in [1.165, 1.54) is 23.7 Å². The number of benzene rings is 1. The zero-order chi connectivity index (χ0) is 24.4. The lowest BCUT2D eigenvalue weighted by Gasteiger charge is -2.35. The van der Waals surface area contributed by atoms with Crippen molar-refractivity contribution in [3.63, 3.8) is 0 Å². The summed E-state index contributed by atoms with van der Waals surface area (Å²) in [5.41, 5.74) is 4.21. The van der Waals surface area contributed by atoms with Crippen LogP contribution in [0.5, 0.6) is 0 Å². The molecule has 8 heteroatoms. The molecule has 4 rings (SSSR count). The van der Waals surface area contributed by atoms with E-state index >= 15 is 0 Å². The van der Waals surface area contributed by atoms with Crippen molar-refractivity contribution in [1.29, 1.82) is 0 Å². The normalized spacial score (nSPS) is 19.3. The Bertz CT molecular complexity index is 1110. The van der Waals surface area contributed by atoms with Crippen LogP contribution in [0, 0.1) is 32.6 Å². The molecule has 7 nitrogen and oxygen atoms in total. The number of anilines is 2. The Hall–Kier alpha value is -2.74. The van der Waals surface area contributed by atoms with Gasteiger partial charge in [-0.05, 0) is 69.2 Å². The molecular formula is C26H35N5O2S. The number of aromatic nitrogens is 3. The van der Waals surface area contributed by atoms with Crippen molar-refractivity contribution in [2.45, 2.75) is 64.9 Å². The number of carbonyl (C=O) groups is 1. The molecule has 0 spiro atoms. The second-order valence-electron chi connectivity index (χ2n) is 9.82. The van der Waals surface area contributed by atoms with Gasteiger partial charge in [0.15, 0.2) is 5.16 Å². The van der Waals surface area contributed by atoms with Crippen LogP contribution in [0.1, 0.15) is 49.6 Å². The van der Waals surface area contributed by atoms with Crippen LogP contribution in [-0.4, -0.2) is 39.0 Å². The molecular weight excluding hydrogens is 446 g/mol. The number of nitrogens with one attached hydrogen (secondary N) is 1. The van der Waals surface area contributed by atoms with Gasteiger partial charge in [-0.1, -0.05) is 43.3 Å². The number of amides is 1. The summed E-state index contributed by atoms with van der Waals surface area (Å²) in [4.78, 5) is 15.4. The molecule has 1 saturated heterocycles. The van der Waals surface area contributed by atoms with Gasteiger partial charge in [-0.15, -0.1) is 10.2 Å². The Morgan fingerprint density at radius 2 is 1.85 bits per heavy atom. The predicted octanol–water partition coefficient (Wildman–Crippen LogP) is 5.45. The summed E-state index contributed by atoms with van der Waals surface area (Å²) < 4.78 is 7.71. The van der Waals surface area contributed by atoms with Gasteiger partial charge in [-0.25, -0.2) is 0 Å². The first kappa shape index (κ1) is 24.4. The monoisotopic (exact) mass is 481 g/mol. The SMILES string of the molecule is Cc1cc(C)c(NC(=O)C(C)Sc2nnc(N3CC(C)CC(C)C3)n2Cc2ccco2)c(C)c1. The molecule has 182 valence electrons. The summed E-state index contributed by atoms with van der Waals surface area (Å²) in [5.74, 6) is 2.83. The molecule has 1 aliphatic heterocycles. The fraction of sp³-hybridized carbons (Fsp3) is 0.500. The predicted molar refractivity (Wildman–Crippen MR) is 138 cm³/mol. The zero-order valence-electron chi connectivity index (χ0n) is 21.0. The Morgan fingerprint density at radius 1 is 1.18 bits per heavy atom. The minimum Gasteiger partial charge on any atom is -0.467 e.